The molecule has 2 nitrogen and oxygen atoms in total. The zero-order valence-electron chi connectivity index (χ0n) is 12.4. The average Bonchev–Trinajstić information content (AvgIpc) is 2.50. The largest absolute Gasteiger partial charge is 0.316 e. The number of aromatic nitrogens is 1. The van der Waals surface area contributed by atoms with Crippen LogP contribution in [-0.2, 0) is 6.42 Å². The number of aryl methyl sites for hydroxylation is 1. The van der Waals surface area contributed by atoms with Crippen LogP contribution < -0.4 is 5.32 Å². The topological polar surface area (TPSA) is 24.9 Å². The summed E-state index contributed by atoms with van der Waals surface area (Å²) in [6, 6.07) is 11.2. The molecule has 1 aliphatic heterocycles. The monoisotopic (exact) mass is 284 g/mol. The van der Waals surface area contributed by atoms with Gasteiger partial charge >= 0.3 is 0 Å². The summed E-state index contributed by atoms with van der Waals surface area (Å²) in [5.74, 6) is 0.353. The molecule has 1 atom stereocenters. The summed E-state index contributed by atoms with van der Waals surface area (Å²) in [5.41, 5.74) is 4.06. The Balaban J connectivity index is 1.85. The molecule has 1 saturated heterocycles. The summed E-state index contributed by atoms with van der Waals surface area (Å²) in [6.07, 6.45) is 3.01. The lowest BCUT2D eigenvalue weighted by Gasteiger charge is -2.23. The molecule has 2 heterocycles. The van der Waals surface area contributed by atoms with E-state index >= 15 is 0 Å². The number of rotatable bonds is 3. The summed E-state index contributed by atoms with van der Waals surface area (Å²) in [4.78, 5) is 4.69. The highest BCUT2D eigenvalue weighted by Crippen LogP contribution is 2.24. The first-order chi connectivity index (χ1) is 10.2. The van der Waals surface area contributed by atoms with Gasteiger partial charge in [0.05, 0.1) is 0 Å². The van der Waals surface area contributed by atoms with Crippen LogP contribution in [0.4, 0.5) is 4.39 Å². The number of halogens is 1. The van der Waals surface area contributed by atoms with Crippen molar-refractivity contribution in [1.82, 2.24) is 10.3 Å². The van der Waals surface area contributed by atoms with Gasteiger partial charge in [-0.1, -0.05) is 18.2 Å². The first-order valence-corrected chi connectivity index (χ1v) is 7.64. The van der Waals surface area contributed by atoms with Crippen LogP contribution in [0.3, 0.4) is 0 Å². The fourth-order valence-electron chi connectivity index (χ4n) is 3.05. The predicted octanol–water partition coefficient (Wildman–Crippen LogP) is 3.59. The third kappa shape index (κ3) is 3.48. The second-order valence-corrected chi connectivity index (χ2v) is 5.85. The Bertz CT molecular complexity index is 618. The predicted molar refractivity (Wildman–Crippen MR) is 83.0 cm³/mol. The molecule has 2 aromatic rings. The van der Waals surface area contributed by atoms with Gasteiger partial charge < -0.3 is 5.32 Å². The van der Waals surface area contributed by atoms with E-state index in [2.05, 4.69) is 22.4 Å². The molecular weight excluding hydrogens is 263 g/mol. The van der Waals surface area contributed by atoms with Crippen molar-refractivity contribution in [2.45, 2.75) is 32.1 Å². The first kappa shape index (κ1) is 14.2. The van der Waals surface area contributed by atoms with E-state index in [9.17, 15) is 4.39 Å². The molecule has 3 heteroatoms. The molecule has 1 aromatic carbocycles. The zero-order valence-corrected chi connectivity index (χ0v) is 12.4. The van der Waals surface area contributed by atoms with Crippen molar-refractivity contribution in [3.63, 3.8) is 0 Å². The molecule has 1 aromatic heterocycles. The van der Waals surface area contributed by atoms with Gasteiger partial charge in [-0.3, -0.25) is 4.98 Å². The van der Waals surface area contributed by atoms with E-state index in [4.69, 9.17) is 0 Å². The van der Waals surface area contributed by atoms with Crippen LogP contribution in [0.2, 0.25) is 0 Å². The zero-order chi connectivity index (χ0) is 14.7. The van der Waals surface area contributed by atoms with Gasteiger partial charge in [0.2, 0.25) is 0 Å². The minimum Gasteiger partial charge on any atom is -0.316 e. The molecule has 0 saturated carbocycles. The van der Waals surface area contributed by atoms with Crippen LogP contribution in [0.5, 0.6) is 0 Å². The van der Waals surface area contributed by atoms with Crippen molar-refractivity contribution in [2.24, 2.45) is 0 Å². The molecule has 0 spiro atoms. The molecule has 0 aliphatic carbocycles. The molecule has 0 amide bonds. The summed E-state index contributed by atoms with van der Waals surface area (Å²) in [6.45, 7) is 4.12. The van der Waals surface area contributed by atoms with Gasteiger partial charge in [-0.05, 0) is 55.6 Å². The van der Waals surface area contributed by atoms with E-state index < -0.39 is 0 Å². The van der Waals surface area contributed by atoms with E-state index in [1.165, 1.54) is 18.9 Å². The quantitative estimate of drug-likeness (QED) is 0.931. The maximum Gasteiger partial charge on any atom is 0.126 e. The van der Waals surface area contributed by atoms with Crippen LogP contribution >= 0.6 is 0 Å². The molecular formula is C18H21FN2. The van der Waals surface area contributed by atoms with E-state index in [-0.39, 0.29) is 5.82 Å². The number of piperidine rings is 1. The van der Waals surface area contributed by atoms with E-state index in [1.807, 2.05) is 19.1 Å². The highest BCUT2D eigenvalue weighted by atomic mass is 19.1. The minimum atomic E-state index is -0.132. The van der Waals surface area contributed by atoms with E-state index in [1.54, 1.807) is 6.07 Å². The van der Waals surface area contributed by atoms with Gasteiger partial charge in [0, 0.05) is 30.3 Å². The molecule has 1 fully saturated rings. The molecule has 0 radical (unpaired) electrons. The molecule has 0 bridgehead atoms. The fourth-order valence-corrected chi connectivity index (χ4v) is 3.05. The Morgan fingerprint density at radius 3 is 2.90 bits per heavy atom. The van der Waals surface area contributed by atoms with Gasteiger partial charge in [0.1, 0.15) is 5.82 Å². The SMILES string of the molecule is Cc1cc(Cc2ccccc2F)cc(C2CCCNC2)n1. The maximum absolute atomic E-state index is 13.8. The van der Waals surface area contributed by atoms with Crippen molar-refractivity contribution >= 4 is 0 Å². The van der Waals surface area contributed by atoms with Gasteiger partial charge in [-0.25, -0.2) is 4.39 Å². The molecule has 3 rings (SSSR count). The second kappa shape index (κ2) is 6.35. The number of benzene rings is 1. The molecule has 1 N–H and O–H groups in total. The van der Waals surface area contributed by atoms with Crippen molar-refractivity contribution < 1.29 is 4.39 Å². The second-order valence-electron chi connectivity index (χ2n) is 5.85. The summed E-state index contributed by atoms with van der Waals surface area (Å²) >= 11 is 0. The lowest BCUT2D eigenvalue weighted by atomic mass is 9.93. The van der Waals surface area contributed by atoms with Crippen molar-refractivity contribution in [3.05, 3.63) is 64.7 Å². The number of hydrogen-bond acceptors (Lipinski definition) is 2. The Kier molecular flexibility index (Phi) is 4.30. The summed E-state index contributed by atoms with van der Waals surface area (Å²) < 4.78 is 13.8. The number of hydrogen-bond donors (Lipinski definition) is 1. The average molecular weight is 284 g/mol. The highest BCUT2D eigenvalue weighted by molar-refractivity contribution is 5.30. The van der Waals surface area contributed by atoms with E-state index in [0.717, 1.165) is 35.6 Å². The van der Waals surface area contributed by atoms with Crippen molar-refractivity contribution in [3.8, 4) is 0 Å². The Morgan fingerprint density at radius 2 is 2.14 bits per heavy atom. The maximum atomic E-state index is 13.8. The Morgan fingerprint density at radius 1 is 1.29 bits per heavy atom. The number of nitrogens with one attached hydrogen (secondary N) is 1. The van der Waals surface area contributed by atoms with Crippen LogP contribution in [0, 0.1) is 12.7 Å². The smallest absolute Gasteiger partial charge is 0.126 e. The lowest BCUT2D eigenvalue weighted by Crippen LogP contribution is -2.29. The lowest BCUT2D eigenvalue weighted by molar-refractivity contribution is 0.454. The number of pyridine rings is 1. The van der Waals surface area contributed by atoms with Gasteiger partial charge in [-0.2, -0.15) is 0 Å². The highest BCUT2D eigenvalue weighted by Gasteiger charge is 2.17. The van der Waals surface area contributed by atoms with Crippen LogP contribution in [-0.4, -0.2) is 18.1 Å². The standard InChI is InChI=1S/C18H21FN2/c1-13-9-14(10-15-5-2-3-7-17(15)19)11-18(21-13)16-6-4-8-20-12-16/h2-3,5,7,9,11,16,20H,4,6,8,10,12H2,1H3. The number of nitrogens with zero attached hydrogens (tertiary/aromatic N) is 1. The van der Waals surface area contributed by atoms with Crippen molar-refractivity contribution in [2.75, 3.05) is 13.1 Å². The first-order valence-electron chi connectivity index (χ1n) is 7.64. The van der Waals surface area contributed by atoms with Crippen LogP contribution in [0.25, 0.3) is 0 Å². The third-order valence-corrected chi connectivity index (χ3v) is 4.10. The molecule has 1 aliphatic rings. The fraction of sp³-hybridized carbons (Fsp3) is 0.389. The molecule has 21 heavy (non-hydrogen) atoms. The van der Waals surface area contributed by atoms with Crippen LogP contribution in [0.1, 0.15) is 41.3 Å². The third-order valence-electron chi connectivity index (χ3n) is 4.10. The van der Waals surface area contributed by atoms with Gasteiger partial charge in [-0.15, -0.1) is 0 Å². The normalized spacial score (nSPS) is 18.7. The Labute approximate surface area is 125 Å². The Hall–Kier alpha value is -1.74. The van der Waals surface area contributed by atoms with Gasteiger partial charge in [0.25, 0.3) is 0 Å². The van der Waals surface area contributed by atoms with Gasteiger partial charge in [0.15, 0.2) is 0 Å². The summed E-state index contributed by atoms with van der Waals surface area (Å²) in [5, 5.41) is 3.43. The summed E-state index contributed by atoms with van der Waals surface area (Å²) in [7, 11) is 0. The molecule has 1 unspecified atom stereocenters. The van der Waals surface area contributed by atoms with Crippen molar-refractivity contribution in [1.29, 1.82) is 0 Å². The molecule has 110 valence electrons. The van der Waals surface area contributed by atoms with E-state index in [0.29, 0.717) is 12.3 Å². The minimum absolute atomic E-state index is 0.132. The van der Waals surface area contributed by atoms with Crippen LogP contribution in [0.15, 0.2) is 36.4 Å².